The van der Waals surface area contributed by atoms with E-state index in [1.54, 1.807) is 11.7 Å². The monoisotopic (exact) mass is 273 g/mol. The number of hydrogen-bond acceptors (Lipinski definition) is 3. The van der Waals surface area contributed by atoms with Gasteiger partial charge in [0, 0.05) is 24.8 Å². The summed E-state index contributed by atoms with van der Waals surface area (Å²) in [6.07, 6.45) is 2.31. The average molecular weight is 274 g/mol. The summed E-state index contributed by atoms with van der Waals surface area (Å²) in [7, 11) is 1.74. The van der Waals surface area contributed by atoms with Crippen molar-refractivity contribution in [2.45, 2.75) is 51.3 Å². The summed E-state index contributed by atoms with van der Waals surface area (Å²) in [4.78, 5) is 10.9. The number of hydrogen-bond donors (Lipinski definition) is 0. The lowest BCUT2D eigenvalue weighted by atomic mass is 10.1. The van der Waals surface area contributed by atoms with Gasteiger partial charge in [-0.2, -0.15) is 5.10 Å². The fourth-order valence-corrected chi connectivity index (χ4v) is 2.38. The van der Waals surface area contributed by atoms with Gasteiger partial charge in [-0.3, -0.25) is 14.8 Å². The number of rotatable bonds is 6. The third kappa shape index (κ3) is 3.22. The summed E-state index contributed by atoms with van der Waals surface area (Å²) < 4.78 is 1.60. The highest BCUT2D eigenvalue weighted by molar-refractivity contribution is 6.20. The number of alkyl halides is 1. The smallest absolute Gasteiger partial charge is 0.265 e. The fourth-order valence-electron chi connectivity index (χ4n) is 2.01. The first kappa shape index (κ1) is 15.0. The molecule has 0 aliphatic heterocycles. The molecule has 5 nitrogen and oxygen atoms in total. The van der Waals surface area contributed by atoms with Gasteiger partial charge in [0.1, 0.15) is 11.4 Å². The van der Waals surface area contributed by atoms with Crippen molar-refractivity contribution < 1.29 is 4.92 Å². The van der Waals surface area contributed by atoms with E-state index in [-0.39, 0.29) is 21.9 Å². The quantitative estimate of drug-likeness (QED) is 0.453. The molecule has 1 atom stereocenters. The largest absolute Gasteiger partial charge is 0.313 e. The molecular weight excluding hydrogens is 254 g/mol. The van der Waals surface area contributed by atoms with Crippen LogP contribution >= 0.6 is 11.6 Å². The van der Waals surface area contributed by atoms with Gasteiger partial charge >= 0.3 is 5.69 Å². The molecular formula is C12H20ClN3O2. The van der Waals surface area contributed by atoms with Crippen LogP contribution in [0.25, 0.3) is 0 Å². The normalized spacial score (nSPS) is 13.0. The lowest BCUT2D eigenvalue weighted by Crippen LogP contribution is -2.09. The van der Waals surface area contributed by atoms with E-state index in [2.05, 4.69) is 5.10 Å². The minimum absolute atomic E-state index is 0.0327. The number of nitrogens with zero attached hydrogens (tertiary/aromatic N) is 3. The molecule has 0 spiro atoms. The summed E-state index contributed by atoms with van der Waals surface area (Å²) in [5, 5.41) is 15.4. The van der Waals surface area contributed by atoms with Crippen molar-refractivity contribution in [2.75, 3.05) is 0 Å². The van der Waals surface area contributed by atoms with Crippen LogP contribution in [0, 0.1) is 10.1 Å². The molecule has 0 amide bonds. The first-order valence-corrected chi connectivity index (χ1v) is 6.66. The van der Waals surface area contributed by atoms with Gasteiger partial charge in [-0.1, -0.05) is 27.2 Å². The van der Waals surface area contributed by atoms with Crippen molar-refractivity contribution in [3.05, 3.63) is 21.5 Å². The topological polar surface area (TPSA) is 61.0 Å². The average Bonchev–Trinajstić information content (AvgIpc) is 2.57. The molecule has 102 valence electrons. The van der Waals surface area contributed by atoms with Crippen molar-refractivity contribution >= 4 is 17.3 Å². The number of aromatic nitrogens is 2. The maximum absolute atomic E-state index is 11.2. The molecule has 1 rings (SSSR count). The van der Waals surface area contributed by atoms with Crippen LogP contribution in [-0.2, 0) is 13.5 Å². The Hall–Kier alpha value is -1.10. The molecule has 0 aliphatic rings. The molecule has 0 aromatic carbocycles. The van der Waals surface area contributed by atoms with Crippen LogP contribution in [0.3, 0.4) is 0 Å². The standard InChI is InChI=1S/C12H20ClN3O2/c1-5-6-9(13)7-10-12(16(17)18)11(8(2)3)14-15(10)4/h8-9H,5-7H2,1-4H3. The third-order valence-corrected chi connectivity index (χ3v) is 3.28. The van der Waals surface area contributed by atoms with Crippen molar-refractivity contribution in [1.82, 2.24) is 9.78 Å². The van der Waals surface area contributed by atoms with Crippen molar-refractivity contribution in [2.24, 2.45) is 7.05 Å². The first-order chi connectivity index (χ1) is 8.38. The van der Waals surface area contributed by atoms with E-state index in [0.29, 0.717) is 17.8 Å². The highest BCUT2D eigenvalue weighted by Gasteiger charge is 2.29. The second-order valence-electron chi connectivity index (χ2n) is 4.81. The minimum atomic E-state index is -0.340. The van der Waals surface area contributed by atoms with Gasteiger partial charge in [0.25, 0.3) is 0 Å². The molecule has 0 N–H and O–H groups in total. The molecule has 0 fully saturated rings. The van der Waals surface area contributed by atoms with Crippen LogP contribution in [-0.4, -0.2) is 20.1 Å². The molecule has 1 aromatic heterocycles. The predicted octanol–water partition coefficient (Wildman–Crippen LogP) is 3.40. The van der Waals surface area contributed by atoms with E-state index < -0.39 is 0 Å². The van der Waals surface area contributed by atoms with Crippen LogP contribution < -0.4 is 0 Å². The third-order valence-electron chi connectivity index (χ3n) is 2.91. The Morgan fingerprint density at radius 1 is 1.50 bits per heavy atom. The Balaban J connectivity index is 3.13. The SMILES string of the molecule is CCCC(Cl)Cc1c([N+](=O)[O-])c(C(C)C)nn1C. The number of halogens is 1. The van der Waals surface area contributed by atoms with E-state index in [1.807, 2.05) is 20.8 Å². The lowest BCUT2D eigenvalue weighted by Gasteiger charge is -2.07. The van der Waals surface area contributed by atoms with Gasteiger partial charge in [0.15, 0.2) is 0 Å². The highest BCUT2D eigenvalue weighted by atomic mass is 35.5. The number of nitro groups is 1. The molecule has 18 heavy (non-hydrogen) atoms. The molecule has 1 aromatic rings. The Kier molecular flexibility index (Phi) is 5.14. The van der Waals surface area contributed by atoms with Gasteiger partial charge in [-0.05, 0) is 6.42 Å². The fraction of sp³-hybridized carbons (Fsp3) is 0.750. The van der Waals surface area contributed by atoms with Crippen LogP contribution in [0.4, 0.5) is 5.69 Å². The highest BCUT2D eigenvalue weighted by Crippen LogP contribution is 2.30. The van der Waals surface area contributed by atoms with Crippen molar-refractivity contribution in [1.29, 1.82) is 0 Å². The zero-order valence-electron chi connectivity index (χ0n) is 11.3. The predicted molar refractivity (Wildman–Crippen MR) is 72.2 cm³/mol. The van der Waals surface area contributed by atoms with Gasteiger partial charge in [0.05, 0.1) is 4.92 Å². The Labute approximate surface area is 112 Å². The van der Waals surface area contributed by atoms with Gasteiger partial charge in [-0.15, -0.1) is 11.6 Å². The summed E-state index contributed by atoms with van der Waals surface area (Å²) in [5.41, 5.74) is 1.30. The van der Waals surface area contributed by atoms with Crippen LogP contribution in [0.5, 0.6) is 0 Å². The van der Waals surface area contributed by atoms with E-state index in [0.717, 1.165) is 12.8 Å². The van der Waals surface area contributed by atoms with Crippen LogP contribution in [0.1, 0.15) is 50.9 Å². The van der Waals surface area contributed by atoms with Gasteiger partial charge < -0.3 is 0 Å². The maximum Gasteiger partial charge on any atom is 0.313 e. The molecule has 0 saturated heterocycles. The summed E-state index contributed by atoms with van der Waals surface area (Å²) in [5.74, 6) is 0.0327. The lowest BCUT2D eigenvalue weighted by molar-refractivity contribution is -0.386. The molecule has 0 aliphatic carbocycles. The summed E-state index contributed by atoms with van der Waals surface area (Å²) >= 11 is 6.19. The van der Waals surface area contributed by atoms with Gasteiger partial charge in [-0.25, -0.2) is 0 Å². The first-order valence-electron chi connectivity index (χ1n) is 6.22. The molecule has 0 saturated carbocycles. The molecule has 0 radical (unpaired) electrons. The maximum atomic E-state index is 11.2. The van der Waals surface area contributed by atoms with E-state index in [9.17, 15) is 10.1 Å². The molecule has 0 bridgehead atoms. The van der Waals surface area contributed by atoms with E-state index in [1.165, 1.54) is 0 Å². The summed E-state index contributed by atoms with van der Waals surface area (Å²) in [6.45, 7) is 5.86. The summed E-state index contributed by atoms with van der Waals surface area (Å²) in [6, 6.07) is 0. The Morgan fingerprint density at radius 3 is 2.56 bits per heavy atom. The van der Waals surface area contributed by atoms with E-state index >= 15 is 0 Å². The number of aryl methyl sites for hydroxylation is 1. The molecule has 1 heterocycles. The second kappa shape index (κ2) is 6.18. The Morgan fingerprint density at radius 2 is 2.11 bits per heavy atom. The minimum Gasteiger partial charge on any atom is -0.265 e. The molecule has 6 heteroatoms. The van der Waals surface area contributed by atoms with Crippen molar-refractivity contribution in [3.63, 3.8) is 0 Å². The van der Waals surface area contributed by atoms with Crippen molar-refractivity contribution in [3.8, 4) is 0 Å². The van der Waals surface area contributed by atoms with Crippen LogP contribution in [0.2, 0.25) is 0 Å². The van der Waals surface area contributed by atoms with E-state index in [4.69, 9.17) is 11.6 Å². The van der Waals surface area contributed by atoms with Crippen LogP contribution in [0.15, 0.2) is 0 Å². The molecule has 1 unspecified atom stereocenters. The zero-order chi connectivity index (χ0) is 13.9. The van der Waals surface area contributed by atoms with Gasteiger partial charge in [0.2, 0.25) is 0 Å². The second-order valence-corrected chi connectivity index (χ2v) is 5.42. The zero-order valence-corrected chi connectivity index (χ0v) is 12.1. The Bertz CT molecular complexity index is 429.